The van der Waals surface area contributed by atoms with Crippen molar-refractivity contribution in [2.24, 2.45) is 0 Å². The van der Waals surface area contributed by atoms with E-state index in [0.717, 1.165) is 10.1 Å². The molecule has 1 aromatic carbocycles. The van der Waals surface area contributed by atoms with Gasteiger partial charge in [0.05, 0.1) is 10.7 Å². The van der Waals surface area contributed by atoms with Gasteiger partial charge in [0.2, 0.25) is 0 Å². The predicted molar refractivity (Wildman–Crippen MR) is 67.5 cm³/mol. The second-order valence-corrected chi connectivity index (χ2v) is 4.15. The third-order valence-corrected chi connectivity index (χ3v) is 3.56. The molecule has 1 unspecified atom stereocenters. The van der Waals surface area contributed by atoms with E-state index in [1.807, 2.05) is 44.3 Å². The molecule has 0 saturated heterocycles. The summed E-state index contributed by atoms with van der Waals surface area (Å²) in [5.41, 5.74) is 0.983. The Bertz CT molecular complexity index is 265. The minimum atomic E-state index is -0.407. The van der Waals surface area contributed by atoms with Crippen LogP contribution in [-0.2, 0) is 0 Å². The van der Waals surface area contributed by atoms with Gasteiger partial charge in [-0.3, -0.25) is 4.90 Å². The summed E-state index contributed by atoms with van der Waals surface area (Å²) >= 11 is 2.30. The first-order chi connectivity index (χ1) is 6.66. The van der Waals surface area contributed by atoms with Gasteiger partial charge >= 0.3 is 0 Å². The fourth-order valence-electron chi connectivity index (χ4n) is 1.28. The predicted octanol–water partition coefficient (Wildman–Crippen LogP) is 2.43. The minimum Gasteiger partial charge on any atom is -0.387 e. The maximum atomic E-state index is 10.0. The quantitative estimate of drug-likeness (QED) is 0.525. The second-order valence-electron chi connectivity index (χ2n) is 3.47. The Labute approximate surface area is 99.1 Å². The fraction of sp³-hybridized carbons (Fsp3) is 0.455. The smallest absolute Gasteiger partial charge is 0.0942 e. The highest BCUT2D eigenvalue weighted by Gasteiger charge is 2.19. The summed E-state index contributed by atoms with van der Waals surface area (Å²) in [6.45, 7) is 2.04. The molecule has 2 atom stereocenters. The van der Waals surface area contributed by atoms with Gasteiger partial charge in [-0.25, -0.2) is 0 Å². The summed E-state index contributed by atoms with van der Waals surface area (Å²) < 4.78 is 0.919. The van der Waals surface area contributed by atoms with Crippen molar-refractivity contribution in [1.29, 1.82) is 0 Å². The van der Waals surface area contributed by atoms with Crippen LogP contribution in [-0.4, -0.2) is 27.6 Å². The van der Waals surface area contributed by atoms with Crippen LogP contribution in [0.3, 0.4) is 0 Å². The van der Waals surface area contributed by atoms with Crippen LogP contribution in [0, 0.1) is 0 Å². The van der Waals surface area contributed by atoms with Crippen LogP contribution in [0.15, 0.2) is 30.3 Å². The van der Waals surface area contributed by atoms with Crippen LogP contribution < -0.4 is 0 Å². The van der Waals surface area contributed by atoms with Gasteiger partial charge < -0.3 is 5.11 Å². The van der Waals surface area contributed by atoms with Gasteiger partial charge in [0.25, 0.3) is 0 Å². The molecule has 1 aromatic rings. The van der Waals surface area contributed by atoms with E-state index in [1.54, 1.807) is 0 Å². The van der Waals surface area contributed by atoms with E-state index in [1.165, 1.54) is 0 Å². The number of rotatable bonds is 4. The molecule has 0 aliphatic carbocycles. The first-order valence-corrected chi connectivity index (χ1v) is 6.18. The summed E-state index contributed by atoms with van der Waals surface area (Å²) in [5, 5.41) is 10.0. The number of aliphatic hydroxyl groups is 1. The number of hydrogen-bond donors (Lipinski definition) is 1. The molecule has 0 fully saturated rings. The third-order valence-electron chi connectivity index (χ3n) is 2.48. The van der Waals surface area contributed by atoms with Crippen molar-refractivity contribution in [2.75, 3.05) is 11.6 Å². The van der Waals surface area contributed by atoms with Crippen molar-refractivity contribution >= 4 is 22.6 Å². The molecule has 1 N–H and O–H groups in total. The Hall–Kier alpha value is -0.130. The number of aliphatic hydroxyl groups excluding tert-OH is 1. The molecule has 0 heterocycles. The molecule has 0 amide bonds. The summed E-state index contributed by atoms with van der Waals surface area (Å²) in [5.74, 6) is 0. The number of halogens is 1. The molecule has 0 radical (unpaired) electrons. The minimum absolute atomic E-state index is 0.147. The maximum Gasteiger partial charge on any atom is 0.0942 e. The van der Waals surface area contributed by atoms with Gasteiger partial charge in [-0.2, -0.15) is 0 Å². The van der Waals surface area contributed by atoms with Gasteiger partial charge in [0.15, 0.2) is 0 Å². The normalized spacial score (nSPS) is 15.5. The highest BCUT2D eigenvalue weighted by Crippen LogP contribution is 2.19. The van der Waals surface area contributed by atoms with Crippen LogP contribution in [0.2, 0.25) is 0 Å². The fourth-order valence-corrected chi connectivity index (χ4v) is 1.90. The van der Waals surface area contributed by atoms with E-state index in [-0.39, 0.29) is 6.04 Å². The number of benzene rings is 1. The maximum absolute atomic E-state index is 10.0. The van der Waals surface area contributed by atoms with Crippen LogP contribution >= 0.6 is 22.6 Å². The second kappa shape index (κ2) is 5.68. The zero-order valence-corrected chi connectivity index (χ0v) is 10.7. The average molecular weight is 305 g/mol. The number of hydrogen-bond acceptors (Lipinski definition) is 2. The Balaban J connectivity index is 2.70. The highest BCUT2D eigenvalue weighted by molar-refractivity contribution is 14.1. The molecule has 14 heavy (non-hydrogen) atoms. The van der Waals surface area contributed by atoms with Crippen molar-refractivity contribution in [1.82, 2.24) is 4.90 Å². The van der Waals surface area contributed by atoms with E-state index < -0.39 is 6.10 Å². The topological polar surface area (TPSA) is 23.5 Å². The first-order valence-electron chi connectivity index (χ1n) is 4.66. The van der Waals surface area contributed by atoms with Gasteiger partial charge in [-0.05, 0) is 19.5 Å². The van der Waals surface area contributed by atoms with Crippen LogP contribution in [0.5, 0.6) is 0 Å². The molecule has 0 aromatic heterocycles. The van der Waals surface area contributed by atoms with Gasteiger partial charge in [0.1, 0.15) is 0 Å². The third kappa shape index (κ3) is 2.93. The largest absolute Gasteiger partial charge is 0.387 e. The monoisotopic (exact) mass is 305 g/mol. The SMILES string of the molecule is CC([C@@H](O)c1ccccc1)N(C)CI. The molecule has 0 saturated carbocycles. The van der Waals surface area contributed by atoms with Crippen LogP contribution in [0.4, 0.5) is 0 Å². The lowest BCUT2D eigenvalue weighted by Crippen LogP contribution is -2.33. The van der Waals surface area contributed by atoms with Gasteiger partial charge in [0, 0.05) is 6.04 Å². The van der Waals surface area contributed by atoms with Crippen LogP contribution in [0.1, 0.15) is 18.6 Å². The van der Waals surface area contributed by atoms with Gasteiger partial charge in [-0.15, -0.1) is 0 Å². The van der Waals surface area contributed by atoms with Crippen molar-refractivity contribution in [2.45, 2.75) is 19.1 Å². The summed E-state index contributed by atoms with van der Waals surface area (Å²) in [6.07, 6.45) is -0.407. The molecule has 0 aliphatic rings. The van der Waals surface area contributed by atoms with E-state index in [0.29, 0.717) is 0 Å². The molecule has 1 rings (SSSR count). The molecule has 0 spiro atoms. The van der Waals surface area contributed by atoms with Crippen molar-refractivity contribution in [3.63, 3.8) is 0 Å². The summed E-state index contributed by atoms with van der Waals surface area (Å²) in [7, 11) is 2.02. The lowest BCUT2D eigenvalue weighted by atomic mass is 10.0. The summed E-state index contributed by atoms with van der Waals surface area (Å²) in [6, 6.07) is 9.94. The number of nitrogens with zero attached hydrogens (tertiary/aromatic N) is 1. The van der Waals surface area contributed by atoms with Gasteiger partial charge in [-0.1, -0.05) is 52.9 Å². The average Bonchev–Trinajstić information content (AvgIpc) is 2.27. The molecular formula is C11H16INO. The molecule has 2 nitrogen and oxygen atoms in total. The molecule has 0 bridgehead atoms. The standard InChI is InChI=1S/C11H16INO/c1-9(13(2)8-12)11(14)10-6-4-3-5-7-10/h3-7,9,11,14H,8H2,1-2H3/t9?,11-/m1/s1. The zero-order chi connectivity index (χ0) is 10.6. The summed E-state index contributed by atoms with van der Waals surface area (Å²) in [4.78, 5) is 2.12. The Morgan fingerprint density at radius 2 is 1.93 bits per heavy atom. The molecule has 3 heteroatoms. The lowest BCUT2D eigenvalue weighted by molar-refractivity contribution is 0.0844. The molecule has 0 aliphatic heterocycles. The molecular weight excluding hydrogens is 289 g/mol. The Kier molecular flexibility index (Phi) is 4.84. The van der Waals surface area contributed by atoms with E-state index in [2.05, 4.69) is 27.5 Å². The van der Waals surface area contributed by atoms with E-state index in [9.17, 15) is 5.11 Å². The first kappa shape index (κ1) is 11.9. The van der Waals surface area contributed by atoms with Crippen LogP contribution in [0.25, 0.3) is 0 Å². The van der Waals surface area contributed by atoms with E-state index >= 15 is 0 Å². The molecule has 78 valence electrons. The number of alkyl halides is 1. The lowest BCUT2D eigenvalue weighted by Gasteiger charge is -2.27. The zero-order valence-electron chi connectivity index (χ0n) is 8.52. The van der Waals surface area contributed by atoms with E-state index in [4.69, 9.17) is 0 Å². The Morgan fingerprint density at radius 3 is 2.43 bits per heavy atom. The highest BCUT2D eigenvalue weighted by atomic mass is 127. The van der Waals surface area contributed by atoms with Crippen molar-refractivity contribution in [3.05, 3.63) is 35.9 Å². The Morgan fingerprint density at radius 1 is 1.36 bits per heavy atom. The van der Waals surface area contributed by atoms with Crippen molar-refractivity contribution < 1.29 is 5.11 Å². The number of likely N-dealkylation sites (N-methyl/N-ethyl adjacent to an activating group) is 1. The van der Waals surface area contributed by atoms with Crippen molar-refractivity contribution in [3.8, 4) is 0 Å².